The lowest BCUT2D eigenvalue weighted by Crippen LogP contribution is -2.58. The van der Waals surface area contributed by atoms with Crippen molar-refractivity contribution in [1.29, 1.82) is 0 Å². The van der Waals surface area contributed by atoms with Gasteiger partial charge in [0.2, 0.25) is 0 Å². The SMILES string of the molecule is OC[C@H]1OC(O)[C@@H](OCl)[C@@H](O)[C@@H]1O. The fourth-order valence-corrected chi connectivity index (χ4v) is 1.36. The zero-order valence-electron chi connectivity index (χ0n) is 6.58. The molecule has 1 aliphatic rings. The molecule has 5 atom stereocenters. The highest BCUT2D eigenvalue weighted by atomic mass is 35.5. The number of hydrogen-bond acceptors (Lipinski definition) is 6. The molecule has 0 aromatic carbocycles. The Balaban J connectivity index is 2.66. The van der Waals surface area contributed by atoms with E-state index in [2.05, 4.69) is 4.29 Å². The van der Waals surface area contributed by atoms with E-state index in [1.165, 1.54) is 0 Å². The largest absolute Gasteiger partial charge is 0.394 e. The van der Waals surface area contributed by atoms with Gasteiger partial charge in [-0.3, -0.25) is 4.29 Å². The summed E-state index contributed by atoms with van der Waals surface area (Å²) in [6, 6.07) is 0. The topological polar surface area (TPSA) is 99.4 Å². The molecule has 0 aliphatic carbocycles. The molecule has 13 heavy (non-hydrogen) atoms. The number of halogens is 1. The van der Waals surface area contributed by atoms with Crippen LogP contribution in [0.25, 0.3) is 0 Å². The van der Waals surface area contributed by atoms with Gasteiger partial charge in [-0.15, -0.1) is 0 Å². The highest BCUT2D eigenvalue weighted by Gasteiger charge is 2.44. The summed E-state index contributed by atoms with van der Waals surface area (Å²) in [5.41, 5.74) is 0. The van der Waals surface area contributed by atoms with Gasteiger partial charge in [0.15, 0.2) is 12.4 Å². The monoisotopic (exact) mass is 214 g/mol. The highest BCUT2D eigenvalue weighted by Crippen LogP contribution is 2.22. The van der Waals surface area contributed by atoms with Gasteiger partial charge in [-0.2, -0.15) is 0 Å². The number of ether oxygens (including phenoxy) is 1. The zero-order valence-corrected chi connectivity index (χ0v) is 7.33. The Morgan fingerprint density at radius 2 is 1.85 bits per heavy atom. The van der Waals surface area contributed by atoms with Gasteiger partial charge in [0.1, 0.15) is 18.3 Å². The van der Waals surface area contributed by atoms with Crippen LogP contribution in [-0.2, 0) is 9.03 Å². The highest BCUT2D eigenvalue weighted by molar-refractivity contribution is 6.07. The van der Waals surface area contributed by atoms with Crippen molar-refractivity contribution in [1.82, 2.24) is 0 Å². The molecular weight excluding hydrogens is 204 g/mol. The maximum atomic E-state index is 9.30. The molecule has 1 heterocycles. The second-order valence-corrected chi connectivity index (χ2v) is 2.96. The van der Waals surface area contributed by atoms with Crippen LogP contribution in [-0.4, -0.2) is 57.7 Å². The van der Waals surface area contributed by atoms with Crippen LogP contribution in [0.4, 0.5) is 0 Å². The number of aliphatic hydroxyl groups excluding tert-OH is 4. The van der Waals surface area contributed by atoms with Crippen LogP contribution < -0.4 is 0 Å². The van der Waals surface area contributed by atoms with E-state index in [1.54, 1.807) is 0 Å². The molecule has 0 radical (unpaired) electrons. The van der Waals surface area contributed by atoms with Crippen LogP contribution in [0.1, 0.15) is 0 Å². The third-order valence-corrected chi connectivity index (χ3v) is 2.15. The Morgan fingerprint density at radius 1 is 1.23 bits per heavy atom. The molecule has 1 rings (SSSR count). The van der Waals surface area contributed by atoms with Crippen LogP contribution >= 0.6 is 11.9 Å². The van der Waals surface area contributed by atoms with Gasteiger partial charge in [0.05, 0.1) is 18.5 Å². The molecule has 0 saturated carbocycles. The first-order valence-electron chi connectivity index (χ1n) is 3.69. The zero-order chi connectivity index (χ0) is 10.0. The van der Waals surface area contributed by atoms with E-state index in [1.807, 2.05) is 0 Å². The standard InChI is InChI=1S/C6H11ClO6/c7-13-5-4(10)3(9)2(1-8)12-6(5)11/h2-6,8-11H,1H2/t2-,3-,4+,5+,6?/m1/s1. The molecule has 0 amide bonds. The molecule has 0 spiro atoms. The third-order valence-electron chi connectivity index (χ3n) is 1.95. The first kappa shape index (κ1) is 11.1. The second-order valence-electron chi connectivity index (χ2n) is 2.78. The van der Waals surface area contributed by atoms with Gasteiger partial charge in [-0.05, 0) is 0 Å². The molecule has 1 saturated heterocycles. The summed E-state index contributed by atoms with van der Waals surface area (Å²) in [4.78, 5) is 0. The normalized spacial score (nSPS) is 46.4. The van der Waals surface area contributed by atoms with Crippen LogP contribution in [0.15, 0.2) is 0 Å². The molecule has 6 nitrogen and oxygen atoms in total. The van der Waals surface area contributed by atoms with Crippen molar-refractivity contribution >= 4 is 11.9 Å². The summed E-state index contributed by atoms with van der Waals surface area (Å²) in [6.07, 6.45) is -6.45. The van der Waals surface area contributed by atoms with Crippen molar-refractivity contribution in [2.45, 2.75) is 30.7 Å². The van der Waals surface area contributed by atoms with Crippen molar-refractivity contribution in [2.75, 3.05) is 6.61 Å². The van der Waals surface area contributed by atoms with Crippen molar-refractivity contribution in [2.24, 2.45) is 0 Å². The molecule has 1 unspecified atom stereocenters. The lowest BCUT2D eigenvalue weighted by molar-refractivity contribution is -0.280. The molecule has 0 aromatic heterocycles. The smallest absolute Gasteiger partial charge is 0.186 e. The quantitative estimate of drug-likeness (QED) is 0.423. The number of rotatable bonds is 2. The van der Waals surface area contributed by atoms with Gasteiger partial charge in [0, 0.05) is 0 Å². The summed E-state index contributed by atoms with van der Waals surface area (Å²) in [7, 11) is 0. The molecule has 1 aliphatic heterocycles. The fourth-order valence-electron chi connectivity index (χ4n) is 1.17. The van der Waals surface area contributed by atoms with Crippen LogP contribution in [0, 0.1) is 0 Å². The maximum absolute atomic E-state index is 9.30. The van der Waals surface area contributed by atoms with Crippen LogP contribution in [0.3, 0.4) is 0 Å². The lowest BCUT2D eigenvalue weighted by Gasteiger charge is -2.38. The molecular formula is C6H11ClO6. The number of aliphatic hydroxyl groups is 4. The van der Waals surface area contributed by atoms with Gasteiger partial charge in [0.25, 0.3) is 0 Å². The Kier molecular flexibility index (Phi) is 3.87. The summed E-state index contributed by atoms with van der Waals surface area (Å²) >= 11 is 4.95. The van der Waals surface area contributed by atoms with E-state index in [0.29, 0.717) is 0 Å². The van der Waals surface area contributed by atoms with E-state index in [0.717, 1.165) is 0 Å². The van der Waals surface area contributed by atoms with Gasteiger partial charge < -0.3 is 25.2 Å². The molecule has 7 heteroatoms. The van der Waals surface area contributed by atoms with Crippen molar-refractivity contribution < 1.29 is 29.5 Å². The predicted octanol–water partition coefficient (Wildman–Crippen LogP) is -2.04. The van der Waals surface area contributed by atoms with Crippen molar-refractivity contribution in [3.63, 3.8) is 0 Å². The van der Waals surface area contributed by atoms with Crippen LogP contribution in [0.5, 0.6) is 0 Å². The summed E-state index contributed by atoms with van der Waals surface area (Å²) < 4.78 is 8.89. The Labute approximate surface area is 79.4 Å². The van der Waals surface area contributed by atoms with Crippen molar-refractivity contribution in [3.8, 4) is 0 Å². The average Bonchev–Trinajstić information content (AvgIpc) is 2.12. The lowest BCUT2D eigenvalue weighted by atomic mass is 9.99. The Hall–Kier alpha value is 0.0500. The first-order valence-corrected chi connectivity index (χ1v) is 4.00. The Bertz CT molecular complexity index is 167. The minimum atomic E-state index is -1.46. The van der Waals surface area contributed by atoms with E-state index >= 15 is 0 Å². The molecule has 1 fully saturated rings. The van der Waals surface area contributed by atoms with E-state index in [-0.39, 0.29) is 0 Å². The van der Waals surface area contributed by atoms with Crippen molar-refractivity contribution in [3.05, 3.63) is 0 Å². The molecule has 0 aromatic rings. The average molecular weight is 215 g/mol. The van der Waals surface area contributed by atoms with E-state index in [4.69, 9.17) is 26.8 Å². The summed E-state index contributed by atoms with van der Waals surface area (Å²) in [5, 5.41) is 36.4. The molecule has 4 N–H and O–H groups in total. The number of hydrogen-bond donors (Lipinski definition) is 4. The van der Waals surface area contributed by atoms with Gasteiger partial charge in [-0.25, -0.2) is 0 Å². The minimum absolute atomic E-state index is 0.510. The maximum Gasteiger partial charge on any atom is 0.186 e. The molecule has 78 valence electrons. The minimum Gasteiger partial charge on any atom is -0.394 e. The van der Waals surface area contributed by atoms with Gasteiger partial charge in [-0.1, -0.05) is 0 Å². The van der Waals surface area contributed by atoms with Gasteiger partial charge >= 0.3 is 0 Å². The predicted molar refractivity (Wildman–Crippen MR) is 40.7 cm³/mol. The summed E-state index contributed by atoms with van der Waals surface area (Å²) in [6.45, 7) is -0.510. The fraction of sp³-hybridized carbons (Fsp3) is 1.00. The summed E-state index contributed by atoms with van der Waals surface area (Å²) in [5.74, 6) is 0. The second kappa shape index (κ2) is 4.52. The Morgan fingerprint density at radius 3 is 2.31 bits per heavy atom. The molecule has 0 bridgehead atoms. The first-order chi connectivity index (χ1) is 6.11. The van der Waals surface area contributed by atoms with Crippen LogP contribution in [0.2, 0.25) is 0 Å². The third kappa shape index (κ3) is 2.10. The van der Waals surface area contributed by atoms with E-state index < -0.39 is 37.3 Å². The van der Waals surface area contributed by atoms with E-state index in [9.17, 15) is 10.2 Å².